The second-order valence-electron chi connectivity index (χ2n) is 5.86. The molecule has 3 heterocycles. The number of carbonyl (C=O) groups excluding carboxylic acids is 2. The van der Waals surface area contributed by atoms with Crippen molar-refractivity contribution in [3.63, 3.8) is 0 Å². The van der Waals surface area contributed by atoms with E-state index in [1.54, 1.807) is 6.33 Å². The molecule has 2 aromatic heterocycles. The normalized spacial score (nSPS) is 13.6. The highest BCUT2D eigenvalue weighted by Gasteiger charge is 2.23. The predicted octanol–water partition coefficient (Wildman–Crippen LogP) is 0.259. The van der Waals surface area contributed by atoms with Gasteiger partial charge in [0.2, 0.25) is 5.91 Å². The van der Waals surface area contributed by atoms with E-state index in [0.29, 0.717) is 32.1 Å². The van der Waals surface area contributed by atoms with Gasteiger partial charge in [-0.2, -0.15) is 0 Å². The second kappa shape index (κ2) is 7.81. The van der Waals surface area contributed by atoms with Crippen LogP contribution in [0.5, 0.6) is 0 Å². The van der Waals surface area contributed by atoms with Gasteiger partial charge in [0.1, 0.15) is 37.4 Å². The van der Waals surface area contributed by atoms with Crippen LogP contribution in [0.15, 0.2) is 18.7 Å². The van der Waals surface area contributed by atoms with Crippen molar-refractivity contribution in [2.24, 2.45) is 0 Å². The van der Waals surface area contributed by atoms with Crippen molar-refractivity contribution in [3.8, 4) is 5.82 Å². The van der Waals surface area contributed by atoms with Gasteiger partial charge in [-0.1, -0.05) is 0 Å². The third-order valence-electron chi connectivity index (χ3n) is 4.08. The monoisotopic (exact) mass is 359 g/mol. The van der Waals surface area contributed by atoms with Crippen LogP contribution < -0.4 is 10.6 Å². The SMILES string of the molecule is Cc1ncn(-c2cc(NCCNC(=O)CN3CCOC3=O)ncn2)c1C. The summed E-state index contributed by atoms with van der Waals surface area (Å²) in [4.78, 5) is 37.2. The van der Waals surface area contributed by atoms with E-state index in [9.17, 15) is 9.59 Å². The van der Waals surface area contributed by atoms with E-state index in [4.69, 9.17) is 4.74 Å². The Bertz CT molecular complexity index is 805. The van der Waals surface area contributed by atoms with Gasteiger partial charge in [-0.3, -0.25) is 14.3 Å². The third kappa shape index (κ3) is 4.08. The molecule has 0 unspecified atom stereocenters. The van der Waals surface area contributed by atoms with Crippen molar-refractivity contribution in [2.45, 2.75) is 13.8 Å². The maximum atomic E-state index is 11.8. The first-order valence-electron chi connectivity index (χ1n) is 8.30. The molecule has 0 aromatic carbocycles. The van der Waals surface area contributed by atoms with Gasteiger partial charge in [-0.05, 0) is 13.8 Å². The maximum Gasteiger partial charge on any atom is 0.410 e. The highest BCUT2D eigenvalue weighted by Crippen LogP contribution is 2.13. The largest absolute Gasteiger partial charge is 0.448 e. The summed E-state index contributed by atoms with van der Waals surface area (Å²) in [5, 5.41) is 5.88. The molecular formula is C16H21N7O3. The third-order valence-corrected chi connectivity index (χ3v) is 4.08. The minimum atomic E-state index is -0.447. The molecule has 1 aliphatic rings. The zero-order chi connectivity index (χ0) is 18.5. The minimum absolute atomic E-state index is 0.00967. The van der Waals surface area contributed by atoms with Crippen LogP contribution in [0, 0.1) is 13.8 Å². The molecule has 138 valence electrons. The highest BCUT2D eigenvalue weighted by atomic mass is 16.6. The number of hydrogen-bond acceptors (Lipinski definition) is 7. The second-order valence-corrected chi connectivity index (χ2v) is 5.86. The maximum absolute atomic E-state index is 11.8. The van der Waals surface area contributed by atoms with E-state index in [-0.39, 0.29) is 12.5 Å². The number of amides is 2. The number of anilines is 1. The fourth-order valence-corrected chi connectivity index (χ4v) is 2.50. The van der Waals surface area contributed by atoms with Crippen molar-refractivity contribution >= 4 is 17.8 Å². The molecule has 2 aromatic rings. The van der Waals surface area contributed by atoms with Gasteiger partial charge in [-0.15, -0.1) is 0 Å². The summed E-state index contributed by atoms with van der Waals surface area (Å²) in [5.74, 6) is 1.15. The lowest BCUT2D eigenvalue weighted by molar-refractivity contribution is -0.121. The van der Waals surface area contributed by atoms with Gasteiger partial charge in [-0.25, -0.2) is 19.7 Å². The molecule has 10 heteroatoms. The van der Waals surface area contributed by atoms with Crippen LogP contribution in [0.1, 0.15) is 11.4 Å². The average Bonchev–Trinajstić information content (AvgIpc) is 3.18. The van der Waals surface area contributed by atoms with Crippen LogP contribution in [0.4, 0.5) is 10.6 Å². The van der Waals surface area contributed by atoms with Crippen molar-refractivity contribution < 1.29 is 14.3 Å². The molecule has 0 radical (unpaired) electrons. The zero-order valence-corrected chi connectivity index (χ0v) is 14.7. The number of nitrogens with one attached hydrogen (secondary N) is 2. The van der Waals surface area contributed by atoms with Gasteiger partial charge in [0.15, 0.2) is 0 Å². The Balaban J connectivity index is 1.46. The molecule has 1 aliphatic heterocycles. The van der Waals surface area contributed by atoms with E-state index < -0.39 is 6.09 Å². The zero-order valence-electron chi connectivity index (χ0n) is 14.7. The van der Waals surface area contributed by atoms with Crippen LogP contribution in [-0.4, -0.2) is 69.2 Å². The molecule has 0 aliphatic carbocycles. The van der Waals surface area contributed by atoms with E-state index in [0.717, 1.165) is 17.2 Å². The van der Waals surface area contributed by atoms with Crippen molar-refractivity contribution in [1.29, 1.82) is 0 Å². The molecule has 2 amide bonds. The number of nitrogens with zero attached hydrogens (tertiary/aromatic N) is 5. The Morgan fingerprint density at radius 2 is 2.12 bits per heavy atom. The smallest absolute Gasteiger partial charge is 0.410 e. The number of aryl methyl sites for hydroxylation is 1. The molecule has 10 nitrogen and oxygen atoms in total. The highest BCUT2D eigenvalue weighted by molar-refractivity contribution is 5.82. The molecule has 1 saturated heterocycles. The first kappa shape index (κ1) is 17.6. The van der Waals surface area contributed by atoms with E-state index in [1.165, 1.54) is 11.2 Å². The standard InChI is InChI=1S/C16H21N7O3/c1-11-12(2)23(10-21-11)14-7-13(19-9-20-14)17-3-4-18-15(24)8-22-5-6-26-16(22)25/h7,9-10H,3-6,8H2,1-2H3,(H,18,24)(H,17,19,20). The lowest BCUT2D eigenvalue weighted by Gasteiger charge is -2.13. The molecule has 0 bridgehead atoms. The summed E-state index contributed by atoms with van der Waals surface area (Å²) >= 11 is 0. The van der Waals surface area contributed by atoms with E-state index in [2.05, 4.69) is 25.6 Å². The molecule has 3 rings (SSSR count). The molecule has 26 heavy (non-hydrogen) atoms. The number of imidazole rings is 1. The Hall–Kier alpha value is -3.17. The Morgan fingerprint density at radius 3 is 2.81 bits per heavy atom. The summed E-state index contributed by atoms with van der Waals surface area (Å²) in [6.07, 6.45) is 2.75. The fraction of sp³-hybridized carbons (Fsp3) is 0.438. The number of ether oxygens (including phenoxy) is 1. The summed E-state index contributed by atoms with van der Waals surface area (Å²) < 4.78 is 6.67. The topological polar surface area (TPSA) is 114 Å². The Labute approximate surface area is 150 Å². The fourth-order valence-electron chi connectivity index (χ4n) is 2.50. The summed E-state index contributed by atoms with van der Waals surface area (Å²) in [7, 11) is 0. The number of cyclic esters (lactones) is 1. The Kier molecular flexibility index (Phi) is 5.30. The number of aromatic nitrogens is 4. The summed E-state index contributed by atoms with van der Waals surface area (Å²) in [6, 6.07) is 1.82. The summed E-state index contributed by atoms with van der Waals surface area (Å²) in [5.41, 5.74) is 1.96. The van der Waals surface area contributed by atoms with Crippen LogP contribution in [-0.2, 0) is 9.53 Å². The van der Waals surface area contributed by atoms with Gasteiger partial charge < -0.3 is 15.4 Å². The molecular weight excluding hydrogens is 338 g/mol. The molecule has 0 atom stereocenters. The van der Waals surface area contributed by atoms with Crippen molar-refractivity contribution in [1.82, 2.24) is 29.7 Å². The van der Waals surface area contributed by atoms with Crippen LogP contribution in [0.2, 0.25) is 0 Å². The van der Waals surface area contributed by atoms with Crippen molar-refractivity contribution in [3.05, 3.63) is 30.1 Å². The first-order valence-corrected chi connectivity index (χ1v) is 8.30. The van der Waals surface area contributed by atoms with Crippen LogP contribution in [0.25, 0.3) is 5.82 Å². The molecule has 2 N–H and O–H groups in total. The molecule has 1 fully saturated rings. The number of hydrogen-bond donors (Lipinski definition) is 2. The molecule has 0 spiro atoms. The number of carbonyl (C=O) groups is 2. The minimum Gasteiger partial charge on any atom is -0.448 e. The van der Waals surface area contributed by atoms with E-state index >= 15 is 0 Å². The first-order chi connectivity index (χ1) is 12.5. The predicted molar refractivity (Wildman–Crippen MR) is 93.0 cm³/mol. The van der Waals surface area contributed by atoms with Gasteiger partial charge in [0.05, 0.1) is 12.2 Å². The lowest BCUT2D eigenvalue weighted by Crippen LogP contribution is -2.39. The number of rotatable bonds is 7. The van der Waals surface area contributed by atoms with Gasteiger partial charge in [0.25, 0.3) is 0 Å². The van der Waals surface area contributed by atoms with Gasteiger partial charge >= 0.3 is 6.09 Å². The van der Waals surface area contributed by atoms with Crippen LogP contribution >= 0.6 is 0 Å². The van der Waals surface area contributed by atoms with Crippen molar-refractivity contribution in [2.75, 3.05) is 38.1 Å². The average molecular weight is 359 g/mol. The quantitative estimate of drug-likeness (QED) is 0.682. The summed E-state index contributed by atoms with van der Waals surface area (Å²) in [6.45, 7) is 5.61. The lowest BCUT2D eigenvalue weighted by atomic mass is 10.4. The van der Waals surface area contributed by atoms with Crippen LogP contribution in [0.3, 0.4) is 0 Å². The van der Waals surface area contributed by atoms with E-state index in [1.807, 2.05) is 24.5 Å². The molecule has 0 saturated carbocycles. The van der Waals surface area contributed by atoms with Gasteiger partial charge in [0, 0.05) is 24.8 Å². The Morgan fingerprint density at radius 1 is 1.27 bits per heavy atom.